The topological polar surface area (TPSA) is 88.7 Å². The Morgan fingerprint density at radius 3 is 2.36 bits per heavy atom. The number of nitrogen functional groups attached to an aromatic ring is 2. The highest BCUT2D eigenvalue weighted by Gasteiger charge is 2.07. The molecule has 0 bridgehead atoms. The zero-order chi connectivity index (χ0) is 10.6. The van der Waals surface area contributed by atoms with Crippen LogP contribution in [0.25, 0.3) is 0 Å². The molecule has 4 N–H and O–H groups in total. The molecule has 0 fully saturated rings. The van der Waals surface area contributed by atoms with E-state index in [0.717, 1.165) is 23.5 Å². The minimum atomic E-state index is 0.246. The van der Waals surface area contributed by atoms with E-state index >= 15 is 0 Å². The molecule has 0 aliphatic heterocycles. The molecule has 1 heterocycles. The molecule has 4 nitrogen and oxygen atoms in total. The van der Waals surface area contributed by atoms with Gasteiger partial charge in [0.25, 0.3) is 0 Å². The summed E-state index contributed by atoms with van der Waals surface area (Å²) in [7, 11) is 0. The van der Waals surface area contributed by atoms with Gasteiger partial charge in [-0.1, -0.05) is 0 Å². The van der Waals surface area contributed by atoms with Crippen LogP contribution in [0.15, 0.2) is 15.9 Å². The maximum atomic E-state index is 8.49. The Kier molecular flexibility index (Phi) is 3.52. The van der Waals surface area contributed by atoms with Gasteiger partial charge in [-0.15, -0.1) is 6.42 Å². The summed E-state index contributed by atoms with van der Waals surface area (Å²) in [5.41, 5.74) is 11.1. The number of thioether (sulfide) groups is 2. The first-order valence-corrected chi connectivity index (χ1v) is 5.06. The van der Waals surface area contributed by atoms with E-state index in [0.29, 0.717) is 9.79 Å². The van der Waals surface area contributed by atoms with Gasteiger partial charge in [-0.2, -0.15) is 5.26 Å². The molecule has 0 saturated heterocycles. The van der Waals surface area contributed by atoms with Crippen LogP contribution in [0.4, 0.5) is 11.6 Å². The van der Waals surface area contributed by atoms with Crippen LogP contribution in [-0.2, 0) is 0 Å². The molecule has 0 atom stereocenters. The third-order valence-corrected chi connectivity index (χ3v) is 2.64. The normalized spacial score (nSPS) is 9.00. The molecule has 1 rings (SSSR count). The van der Waals surface area contributed by atoms with Crippen LogP contribution in [-0.4, -0.2) is 4.98 Å². The molecule has 0 radical (unpaired) electrons. The summed E-state index contributed by atoms with van der Waals surface area (Å²) in [4.78, 5) is 5.09. The minimum Gasteiger partial charge on any atom is -0.383 e. The number of hydrogen-bond acceptors (Lipinski definition) is 6. The van der Waals surface area contributed by atoms with E-state index in [9.17, 15) is 0 Å². The fourth-order valence-corrected chi connectivity index (χ4v) is 1.74. The van der Waals surface area contributed by atoms with Gasteiger partial charge in [-0.05, 0) is 34.8 Å². The standard InChI is InChI=1S/C8H6N4S2/c1-2-13-5-3-6(14-4-9)8(11)12-7(5)10/h1,3H,(H4,10,11,12). The van der Waals surface area contributed by atoms with Crippen molar-refractivity contribution in [1.29, 1.82) is 5.26 Å². The zero-order valence-electron chi connectivity index (χ0n) is 7.02. The molecule has 0 saturated carbocycles. The highest BCUT2D eigenvalue weighted by Crippen LogP contribution is 2.31. The predicted molar refractivity (Wildman–Crippen MR) is 59.2 cm³/mol. The van der Waals surface area contributed by atoms with Gasteiger partial charge in [0.1, 0.15) is 17.0 Å². The third kappa shape index (κ3) is 2.25. The van der Waals surface area contributed by atoms with Crippen molar-refractivity contribution in [3.8, 4) is 17.1 Å². The number of nitrogens with two attached hydrogens (primary N) is 2. The lowest BCUT2D eigenvalue weighted by atomic mass is 10.4. The maximum absolute atomic E-state index is 8.49. The second kappa shape index (κ2) is 4.66. The van der Waals surface area contributed by atoms with Gasteiger partial charge in [0.15, 0.2) is 0 Å². The molecule has 70 valence electrons. The molecule has 1 aromatic rings. The highest BCUT2D eigenvalue weighted by atomic mass is 32.2. The molecule has 0 aliphatic carbocycles. The van der Waals surface area contributed by atoms with Crippen molar-refractivity contribution in [2.75, 3.05) is 11.5 Å². The quantitative estimate of drug-likeness (QED) is 0.448. The lowest BCUT2D eigenvalue weighted by Crippen LogP contribution is -1.99. The fraction of sp³-hybridized carbons (Fsp3) is 0. The van der Waals surface area contributed by atoms with Gasteiger partial charge < -0.3 is 11.5 Å². The van der Waals surface area contributed by atoms with Crippen molar-refractivity contribution in [1.82, 2.24) is 4.98 Å². The van der Waals surface area contributed by atoms with Gasteiger partial charge in [0.2, 0.25) is 0 Å². The van der Waals surface area contributed by atoms with Crippen molar-refractivity contribution < 1.29 is 0 Å². The van der Waals surface area contributed by atoms with Crippen LogP contribution in [0, 0.1) is 22.3 Å². The average molecular weight is 222 g/mol. The highest BCUT2D eigenvalue weighted by molar-refractivity contribution is 8.04. The summed E-state index contributed by atoms with van der Waals surface area (Å²) in [6.07, 6.45) is 5.12. The van der Waals surface area contributed by atoms with Gasteiger partial charge in [0.05, 0.1) is 9.79 Å². The van der Waals surface area contributed by atoms with Crippen LogP contribution in [0.3, 0.4) is 0 Å². The van der Waals surface area contributed by atoms with Crippen LogP contribution in [0.2, 0.25) is 0 Å². The van der Waals surface area contributed by atoms with E-state index in [1.54, 1.807) is 6.07 Å². The Labute approximate surface area is 90.1 Å². The molecule has 0 aromatic carbocycles. The van der Waals surface area contributed by atoms with Gasteiger partial charge in [-0.25, -0.2) is 4.98 Å². The van der Waals surface area contributed by atoms with Gasteiger partial charge in [-0.3, -0.25) is 0 Å². The van der Waals surface area contributed by atoms with Gasteiger partial charge in [0, 0.05) is 0 Å². The lowest BCUT2D eigenvalue weighted by Gasteiger charge is -2.04. The lowest BCUT2D eigenvalue weighted by molar-refractivity contribution is 1.19. The Bertz CT molecular complexity index is 393. The molecule has 1 aromatic heterocycles. The number of aromatic nitrogens is 1. The van der Waals surface area contributed by atoms with E-state index in [1.807, 2.05) is 5.40 Å². The molecule has 6 heteroatoms. The van der Waals surface area contributed by atoms with E-state index in [-0.39, 0.29) is 11.6 Å². The molecular weight excluding hydrogens is 216 g/mol. The van der Waals surface area contributed by atoms with Crippen molar-refractivity contribution in [2.45, 2.75) is 9.79 Å². The molecule has 14 heavy (non-hydrogen) atoms. The largest absolute Gasteiger partial charge is 0.383 e. The molecule has 0 amide bonds. The summed E-state index contributed by atoms with van der Waals surface area (Å²) in [6, 6.07) is 1.66. The maximum Gasteiger partial charge on any atom is 0.140 e. The smallest absolute Gasteiger partial charge is 0.140 e. The molecule has 0 aliphatic rings. The summed E-state index contributed by atoms with van der Waals surface area (Å²) >= 11 is 2.04. The van der Waals surface area contributed by atoms with E-state index in [2.05, 4.69) is 10.2 Å². The Morgan fingerprint density at radius 2 is 1.86 bits per heavy atom. The molecule has 0 spiro atoms. The first kappa shape index (κ1) is 10.6. The van der Waals surface area contributed by atoms with Crippen molar-refractivity contribution in [2.24, 2.45) is 0 Å². The summed E-state index contributed by atoms with van der Waals surface area (Å²) < 4.78 is 0. The number of nitriles is 1. The number of thiocyanates is 1. The second-order valence-electron chi connectivity index (χ2n) is 2.17. The summed E-state index contributed by atoms with van der Waals surface area (Å²) in [5.74, 6) is 0.531. The van der Waals surface area contributed by atoms with Crippen LogP contribution in [0.1, 0.15) is 0 Å². The van der Waals surface area contributed by atoms with E-state index in [4.69, 9.17) is 23.2 Å². The number of pyridine rings is 1. The number of hydrogen-bond donors (Lipinski definition) is 2. The number of rotatable bonds is 2. The third-order valence-electron chi connectivity index (χ3n) is 1.33. The summed E-state index contributed by atoms with van der Waals surface area (Å²) in [6.45, 7) is 0. The monoisotopic (exact) mass is 222 g/mol. The first-order valence-electron chi connectivity index (χ1n) is 3.43. The van der Waals surface area contributed by atoms with E-state index < -0.39 is 0 Å². The summed E-state index contributed by atoms with van der Waals surface area (Å²) in [5, 5.41) is 12.8. The molecular formula is C8H6N4S2. The number of nitrogens with zero attached hydrogens (tertiary/aromatic N) is 2. The number of anilines is 2. The zero-order valence-corrected chi connectivity index (χ0v) is 8.65. The number of terminal acetylenes is 1. The fourth-order valence-electron chi connectivity index (χ4n) is 0.783. The first-order chi connectivity index (χ1) is 6.69. The van der Waals surface area contributed by atoms with Crippen LogP contribution in [0.5, 0.6) is 0 Å². The van der Waals surface area contributed by atoms with Crippen molar-refractivity contribution in [3.05, 3.63) is 6.07 Å². The van der Waals surface area contributed by atoms with Gasteiger partial charge >= 0.3 is 0 Å². The second-order valence-corrected chi connectivity index (χ2v) is 3.87. The minimum absolute atomic E-state index is 0.246. The van der Waals surface area contributed by atoms with Crippen LogP contribution < -0.4 is 11.5 Å². The van der Waals surface area contributed by atoms with Crippen LogP contribution >= 0.6 is 23.5 Å². The Hall–Kier alpha value is -1.50. The average Bonchev–Trinajstić information content (AvgIpc) is 2.14. The van der Waals surface area contributed by atoms with E-state index in [1.165, 1.54) is 0 Å². The Morgan fingerprint density at radius 1 is 1.29 bits per heavy atom. The molecule has 0 unspecified atom stereocenters. The predicted octanol–water partition coefficient (Wildman–Crippen LogP) is 1.50. The SMILES string of the molecule is C#CSc1cc(SC#N)c(N)nc1N. The van der Waals surface area contributed by atoms with Crippen molar-refractivity contribution >= 4 is 35.2 Å². The van der Waals surface area contributed by atoms with Crippen molar-refractivity contribution in [3.63, 3.8) is 0 Å². The Balaban J connectivity index is 3.16.